The van der Waals surface area contributed by atoms with Gasteiger partial charge in [-0.15, -0.1) is 0 Å². The first-order valence-corrected chi connectivity index (χ1v) is 14.1. The average molecular weight is 471 g/mol. The van der Waals surface area contributed by atoms with Gasteiger partial charge in [-0.1, -0.05) is 20.8 Å². The molecular weight excluding hydrogens is 424 g/mol. The molecule has 2 spiro atoms. The van der Waals surface area contributed by atoms with Crippen LogP contribution < -0.4 is 0 Å². The summed E-state index contributed by atoms with van der Waals surface area (Å²) in [5.41, 5.74) is 0.762. The van der Waals surface area contributed by atoms with Crippen LogP contribution in [0.4, 0.5) is 0 Å². The van der Waals surface area contributed by atoms with E-state index < -0.39 is 0 Å². The summed E-state index contributed by atoms with van der Waals surface area (Å²) in [6, 6.07) is 0. The van der Waals surface area contributed by atoms with E-state index in [4.69, 9.17) is 9.47 Å². The number of esters is 1. The lowest BCUT2D eigenvalue weighted by atomic mass is 9.43. The van der Waals surface area contributed by atoms with E-state index in [9.17, 15) is 9.59 Å². The molecule has 9 atom stereocenters. The first-order chi connectivity index (χ1) is 15.7. The second-order valence-electron chi connectivity index (χ2n) is 15.0. The fraction of sp³-hybridized carbons (Fsp3) is 0.933. The van der Waals surface area contributed by atoms with Gasteiger partial charge in [0.15, 0.2) is 5.78 Å². The lowest BCUT2D eigenvalue weighted by molar-refractivity contribution is -0.168. The van der Waals surface area contributed by atoms with Crippen molar-refractivity contribution in [1.82, 2.24) is 0 Å². The molecule has 4 nitrogen and oxygen atoms in total. The van der Waals surface area contributed by atoms with E-state index in [1.54, 1.807) is 0 Å². The zero-order chi connectivity index (χ0) is 24.5. The Bertz CT molecular complexity index is 936. The molecule has 0 amide bonds. The maximum Gasteiger partial charge on any atom is 0.306 e. The maximum absolute atomic E-state index is 12.9. The number of hydrogen-bond acceptors (Lipinski definition) is 4. The van der Waals surface area contributed by atoms with Crippen LogP contribution in [0.2, 0.25) is 0 Å². The van der Waals surface area contributed by atoms with Crippen LogP contribution >= 0.6 is 0 Å². The van der Waals surface area contributed by atoms with E-state index in [1.807, 2.05) is 13.8 Å². The van der Waals surface area contributed by atoms with Crippen molar-refractivity contribution in [2.45, 2.75) is 130 Å². The van der Waals surface area contributed by atoms with Gasteiger partial charge in [-0.05, 0) is 118 Å². The molecule has 4 saturated carbocycles. The Kier molecular flexibility index (Phi) is 4.63. The van der Waals surface area contributed by atoms with Crippen LogP contribution in [-0.2, 0) is 19.1 Å². The molecule has 0 unspecified atom stereocenters. The highest BCUT2D eigenvalue weighted by Crippen LogP contribution is 2.88. The minimum Gasteiger partial charge on any atom is -0.459 e. The molecule has 2 saturated heterocycles. The number of cyclic esters (lactones) is 1. The number of fused-ring (bicyclic) bond motifs is 2. The van der Waals surface area contributed by atoms with Crippen molar-refractivity contribution < 1.29 is 19.1 Å². The predicted molar refractivity (Wildman–Crippen MR) is 131 cm³/mol. The number of epoxide rings is 1. The molecule has 6 aliphatic rings. The van der Waals surface area contributed by atoms with Gasteiger partial charge in [0.1, 0.15) is 11.7 Å². The number of rotatable bonds is 4. The molecule has 2 heterocycles. The topological polar surface area (TPSA) is 55.9 Å². The molecule has 0 radical (unpaired) electrons. The van der Waals surface area contributed by atoms with Crippen LogP contribution in [0.15, 0.2) is 0 Å². The number of carbonyl (C=O) groups excluding carboxylic acids is 2. The molecule has 34 heavy (non-hydrogen) atoms. The third-order valence-corrected chi connectivity index (χ3v) is 13.0. The fourth-order valence-electron chi connectivity index (χ4n) is 11.3. The molecular formula is C30H46O4. The summed E-state index contributed by atoms with van der Waals surface area (Å²) in [5.74, 6) is 2.61. The molecule has 4 heteroatoms. The number of ether oxygens (including phenoxy) is 2. The van der Waals surface area contributed by atoms with E-state index in [0.29, 0.717) is 58.0 Å². The minimum atomic E-state index is -0.338. The van der Waals surface area contributed by atoms with Crippen LogP contribution in [0.3, 0.4) is 0 Å². The van der Waals surface area contributed by atoms with Crippen molar-refractivity contribution in [2.75, 3.05) is 0 Å². The second kappa shape index (κ2) is 6.69. The molecule has 0 aromatic rings. The fourth-order valence-corrected chi connectivity index (χ4v) is 11.3. The molecule has 6 fully saturated rings. The highest BCUT2D eigenvalue weighted by molar-refractivity contribution is 5.86. The van der Waals surface area contributed by atoms with Gasteiger partial charge in [0.05, 0.1) is 5.60 Å². The summed E-state index contributed by atoms with van der Waals surface area (Å²) < 4.78 is 11.7. The molecule has 0 aromatic heterocycles. The first-order valence-electron chi connectivity index (χ1n) is 14.1. The standard InChI is InChI=1S/C30H46O4/c1-18(16-20(31)24-26(4,5)34-24)19-10-12-28(7)22-9-8-21-25(2,3)33-23(32)11-13-29(21)17-30(22,29)15-14-27(19,28)6/h18-19,21-22,24H,8-17H2,1-7H3/t18-,19-,21+,22+,24-,27-,28+,29-,30+/m1/s1. The molecule has 2 aliphatic heterocycles. The molecule has 4 aliphatic carbocycles. The van der Waals surface area contributed by atoms with Crippen molar-refractivity contribution in [2.24, 2.45) is 45.3 Å². The second-order valence-corrected chi connectivity index (χ2v) is 15.0. The van der Waals surface area contributed by atoms with Crippen LogP contribution in [0.5, 0.6) is 0 Å². The number of hydrogen-bond donors (Lipinski definition) is 0. The van der Waals surface area contributed by atoms with Crippen molar-refractivity contribution >= 4 is 11.8 Å². The summed E-state index contributed by atoms with van der Waals surface area (Å²) >= 11 is 0. The average Bonchev–Trinajstić information content (AvgIpc) is 3.57. The first kappa shape index (κ1) is 23.5. The van der Waals surface area contributed by atoms with Gasteiger partial charge in [-0.3, -0.25) is 9.59 Å². The lowest BCUT2D eigenvalue weighted by Crippen LogP contribution is -2.56. The Morgan fingerprint density at radius 3 is 2.21 bits per heavy atom. The van der Waals surface area contributed by atoms with Gasteiger partial charge in [-0.2, -0.15) is 0 Å². The normalized spacial score (nSPS) is 52.7. The lowest BCUT2D eigenvalue weighted by Gasteiger charge is -2.61. The third-order valence-electron chi connectivity index (χ3n) is 13.0. The summed E-state index contributed by atoms with van der Waals surface area (Å²) in [6.45, 7) is 16.0. The highest BCUT2D eigenvalue weighted by atomic mass is 16.6. The monoisotopic (exact) mass is 470 g/mol. The Hall–Kier alpha value is -0.900. The van der Waals surface area contributed by atoms with Gasteiger partial charge >= 0.3 is 5.97 Å². The minimum absolute atomic E-state index is 0.0153. The van der Waals surface area contributed by atoms with Gasteiger partial charge < -0.3 is 9.47 Å². The Balaban J connectivity index is 1.26. The van der Waals surface area contributed by atoms with Gasteiger partial charge in [-0.25, -0.2) is 0 Å². The van der Waals surface area contributed by atoms with E-state index in [0.717, 1.165) is 12.3 Å². The van der Waals surface area contributed by atoms with E-state index >= 15 is 0 Å². The van der Waals surface area contributed by atoms with Crippen molar-refractivity contribution in [3.63, 3.8) is 0 Å². The maximum atomic E-state index is 12.9. The van der Waals surface area contributed by atoms with Crippen molar-refractivity contribution in [3.05, 3.63) is 0 Å². The summed E-state index contributed by atoms with van der Waals surface area (Å²) in [5, 5.41) is 0. The van der Waals surface area contributed by atoms with Crippen LogP contribution in [0.1, 0.15) is 113 Å². The predicted octanol–water partition coefficient (Wildman–Crippen LogP) is 6.49. The summed E-state index contributed by atoms with van der Waals surface area (Å²) in [7, 11) is 0. The van der Waals surface area contributed by atoms with Gasteiger partial charge in [0.25, 0.3) is 0 Å². The Morgan fingerprint density at radius 2 is 1.53 bits per heavy atom. The van der Waals surface area contributed by atoms with Crippen LogP contribution in [-0.4, -0.2) is 29.1 Å². The largest absolute Gasteiger partial charge is 0.459 e. The van der Waals surface area contributed by atoms with E-state index in [-0.39, 0.29) is 23.3 Å². The molecule has 190 valence electrons. The van der Waals surface area contributed by atoms with Crippen molar-refractivity contribution in [3.8, 4) is 0 Å². The third kappa shape index (κ3) is 2.76. The quantitative estimate of drug-likeness (QED) is 0.348. The van der Waals surface area contributed by atoms with E-state index in [1.165, 1.54) is 44.9 Å². The number of carbonyl (C=O) groups is 2. The molecule has 0 aromatic carbocycles. The number of Topliss-reactive ketones (excluding diaryl/α,β-unsaturated/α-hetero) is 1. The zero-order valence-corrected chi connectivity index (χ0v) is 22.6. The molecule has 6 rings (SSSR count). The summed E-state index contributed by atoms with van der Waals surface area (Å²) in [6.07, 6.45) is 11.0. The molecule has 0 bridgehead atoms. The van der Waals surface area contributed by atoms with E-state index in [2.05, 4.69) is 34.6 Å². The zero-order valence-electron chi connectivity index (χ0n) is 22.6. The smallest absolute Gasteiger partial charge is 0.306 e. The Labute approximate surface area is 206 Å². The van der Waals surface area contributed by atoms with Crippen LogP contribution in [0, 0.1) is 45.3 Å². The van der Waals surface area contributed by atoms with Gasteiger partial charge in [0.2, 0.25) is 0 Å². The highest BCUT2D eigenvalue weighted by Gasteiger charge is 2.81. The summed E-state index contributed by atoms with van der Waals surface area (Å²) in [4.78, 5) is 25.4. The molecule has 0 N–H and O–H groups in total. The number of ketones is 1. The Morgan fingerprint density at radius 1 is 0.882 bits per heavy atom. The SMILES string of the molecule is C[C@H](CC(=O)[C@H]1OC1(C)C)[C@H]1CC[C@@]2(C)[C@@H]3CC[C@H]4C(C)(C)OC(=O)CC[C@@]45C[C@@]35CC[C@]12C. The van der Waals surface area contributed by atoms with Crippen molar-refractivity contribution in [1.29, 1.82) is 0 Å². The van der Waals surface area contributed by atoms with Gasteiger partial charge in [0, 0.05) is 18.8 Å². The van der Waals surface area contributed by atoms with Crippen LogP contribution in [0.25, 0.3) is 0 Å².